The summed E-state index contributed by atoms with van der Waals surface area (Å²) in [6, 6.07) is 12.3. The first-order chi connectivity index (χ1) is 9.82. The lowest BCUT2D eigenvalue weighted by Crippen LogP contribution is -2.26. The van der Waals surface area contributed by atoms with Crippen molar-refractivity contribution in [1.82, 2.24) is 4.31 Å². The lowest BCUT2D eigenvalue weighted by Gasteiger charge is -2.18. The van der Waals surface area contributed by atoms with Crippen molar-refractivity contribution in [2.24, 2.45) is 0 Å². The summed E-state index contributed by atoms with van der Waals surface area (Å²) < 4.78 is 26.4. The number of benzene rings is 2. The Labute approximate surface area is 135 Å². The molecule has 6 heteroatoms. The highest BCUT2D eigenvalue weighted by Crippen LogP contribution is 2.30. The Morgan fingerprint density at radius 3 is 2.29 bits per heavy atom. The van der Waals surface area contributed by atoms with E-state index in [-0.39, 0.29) is 21.5 Å². The number of nitrogens with zero attached hydrogens (tertiary/aromatic N) is 1. The van der Waals surface area contributed by atoms with Gasteiger partial charge in [0.25, 0.3) is 0 Å². The van der Waals surface area contributed by atoms with Crippen molar-refractivity contribution < 1.29 is 8.42 Å². The smallest absolute Gasteiger partial charge is 0.207 e. The molecule has 0 aliphatic rings. The van der Waals surface area contributed by atoms with Crippen LogP contribution < -0.4 is 0 Å². The van der Waals surface area contributed by atoms with Gasteiger partial charge in [0.1, 0.15) is 4.90 Å². The van der Waals surface area contributed by atoms with Gasteiger partial charge in [-0.15, -0.1) is 0 Å². The van der Waals surface area contributed by atoms with Crippen molar-refractivity contribution in [3.05, 3.63) is 63.6 Å². The second kappa shape index (κ2) is 6.36. The van der Waals surface area contributed by atoms with Gasteiger partial charge < -0.3 is 0 Å². The van der Waals surface area contributed by atoms with Gasteiger partial charge in [0.05, 0.1) is 10.0 Å². The maximum atomic E-state index is 12.6. The summed E-state index contributed by atoms with van der Waals surface area (Å²) in [5.41, 5.74) is 2.03. The Morgan fingerprint density at radius 2 is 1.67 bits per heavy atom. The van der Waals surface area contributed by atoms with E-state index in [0.717, 1.165) is 11.1 Å². The summed E-state index contributed by atoms with van der Waals surface area (Å²) in [6.45, 7) is 2.25. The lowest BCUT2D eigenvalue weighted by molar-refractivity contribution is 0.467. The molecular weight excluding hydrogens is 329 g/mol. The topological polar surface area (TPSA) is 37.4 Å². The van der Waals surface area contributed by atoms with Crippen LogP contribution in [-0.4, -0.2) is 19.8 Å². The maximum Gasteiger partial charge on any atom is 0.244 e. The van der Waals surface area contributed by atoms with E-state index in [0.29, 0.717) is 0 Å². The fraction of sp³-hybridized carbons (Fsp3) is 0.200. The van der Waals surface area contributed by atoms with Crippen LogP contribution >= 0.6 is 23.2 Å². The quantitative estimate of drug-likeness (QED) is 0.837. The second-order valence-electron chi connectivity index (χ2n) is 4.80. The third kappa shape index (κ3) is 3.58. The van der Waals surface area contributed by atoms with Gasteiger partial charge in [-0.25, -0.2) is 8.42 Å². The van der Waals surface area contributed by atoms with Gasteiger partial charge in [0, 0.05) is 13.6 Å². The Balaban J connectivity index is 2.30. The fourth-order valence-electron chi connectivity index (χ4n) is 1.89. The molecule has 0 spiro atoms. The molecule has 0 saturated heterocycles. The van der Waals surface area contributed by atoms with Gasteiger partial charge >= 0.3 is 0 Å². The van der Waals surface area contributed by atoms with Crippen molar-refractivity contribution in [1.29, 1.82) is 0 Å². The monoisotopic (exact) mass is 343 g/mol. The molecule has 0 aliphatic carbocycles. The zero-order valence-electron chi connectivity index (χ0n) is 11.7. The van der Waals surface area contributed by atoms with Crippen LogP contribution in [0.3, 0.4) is 0 Å². The number of hydrogen-bond acceptors (Lipinski definition) is 2. The Kier molecular flexibility index (Phi) is 4.94. The van der Waals surface area contributed by atoms with Gasteiger partial charge in [0.2, 0.25) is 10.0 Å². The van der Waals surface area contributed by atoms with E-state index in [1.165, 1.54) is 17.4 Å². The first-order valence-corrected chi connectivity index (χ1v) is 8.48. The van der Waals surface area contributed by atoms with Crippen LogP contribution in [0.2, 0.25) is 10.0 Å². The van der Waals surface area contributed by atoms with Crippen LogP contribution in [0.15, 0.2) is 47.4 Å². The molecule has 0 bridgehead atoms. The molecule has 112 valence electrons. The van der Waals surface area contributed by atoms with E-state index in [2.05, 4.69) is 0 Å². The predicted molar refractivity (Wildman–Crippen MR) is 86.3 cm³/mol. The largest absolute Gasteiger partial charge is 0.244 e. The van der Waals surface area contributed by atoms with Gasteiger partial charge in [-0.05, 0) is 24.6 Å². The van der Waals surface area contributed by atoms with E-state index < -0.39 is 10.0 Å². The molecule has 0 N–H and O–H groups in total. The molecule has 3 nitrogen and oxygen atoms in total. The molecule has 0 saturated carbocycles. The van der Waals surface area contributed by atoms with Crippen LogP contribution in [0.4, 0.5) is 0 Å². The highest BCUT2D eigenvalue weighted by Gasteiger charge is 2.24. The van der Waals surface area contributed by atoms with Gasteiger partial charge in [-0.2, -0.15) is 4.31 Å². The molecule has 0 fully saturated rings. The molecule has 0 aromatic heterocycles. The Morgan fingerprint density at radius 1 is 1.05 bits per heavy atom. The molecule has 0 radical (unpaired) electrons. The summed E-state index contributed by atoms with van der Waals surface area (Å²) in [7, 11) is -2.16. The van der Waals surface area contributed by atoms with Crippen LogP contribution in [0, 0.1) is 6.92 Å². The molecule has 2 rings (SSSR count). The molecular formula is C15H15Cl2NO2S. The third-order valence-corrected chi connectivity index (χ3v) is 5.91. The minimum atomic E-state index is -3.68. The average molecular weight is 344 g/mol. The number of halogens is 2. The molecule has 0 aliphatic heterocycles. The maximum absolute atomic E-state index is 12.6. The second-order valence-corrected chi connectivity index (χ2v) is 7.60. The van der Waals surface area contributed by atoms with Crippen molar-refractivity contribution in [2.45, 2.75) is 18.4 Å². The van der Waals surface area contributed by atoms with Crippen molar-refractivity contribution in [3.8, 4) is 0 Å². The minimum absolute atomic E-state index is 0.0197. The molecule has 2 aromatic carbocycles. The Hall–Kier alpha value is -1.07. The van der Waals surface area contributed by atoms with Crippen LogP contribution in [0.5, 0.6) is 0 Å². The number of sulfonamides is 1. The van der Waals surface area contributed by atoms with Crippen molar-refractivity contribution in [3.63, 3.8) is 0 Å². The number of rotatable bonds is 4. The summed E-state index contributed by atoms with van der Waals surface area (Å²) >= 11 is 11.9. The standard InChI is InChI=1S/C15H15Cl2NO2S/c1-11-6-8-12(9-7-11)10-18(2)21(19,20)14-5-3-4-13(16)15(14)17/h3-9H,10H2,1-2H3. The SMILES string of the molecule is Cc1ccc(CN(C)S(=O)(=O)c2cccc(Cl)c2Cl)cc1. The summed E-state index contributed by atoms with van der Waals surface area (Å²) in [5, 5.41) is 0.274. The van der Waals surface area contributed by atoms with Crippen LogP contribution in [0.1, 0.15) is 11.1 Å². The number of hydrogen-bond donors (Lipinski definition) is 0. The predicted octanol–water partition coefficient (Wildman–Crippen LogP) is 4.12. The highest BCUT2D eigenvalue weighted by atomic mass is 35.5. The summed E-state index contributed by atoms with van der Waals surface area (Å²) in [6.07, 6.45) is 0. The average Bonchev–Trinajstić information content (AvgIpc) is 2.44. The van der Waals surface area contributed by atoms with Gasteiger partial charge in [-0.3, -0.25) is 0 Å². The highest BCUT2D eigenvalue weighted by molar-refractivity contribution is 7.89. The molecule has 0 unspecified atom stereocenters. The molecule has 21 heavy (non-hydrogen) atoms. The van der Waals surface area contributed by atoms with Gasteiger partial charge in [0.15, 0.2) is 0 Å². The fourth-order valence-corrected chi connectivity index (χ4v) is 3.78. The van der Waals surface area contributed by atoms with Crippen molar-refractivity contribution >= 4 is 33.2 Å². The summed E-state index contributed by atoms with van der Waals surface area (Å²) in [4.78, 5) is 0.0197. The molecule has 2 aromatic rings. The zero-order chi connectivity index (χ0) is 15.6. The van der Waals surface area contributed by atoms with E-state index >= 15 is 0 Å². The van der Waals surface area contributed by atoms with E-state index in [4.69, 9.17) is 23.2 Å². The van der Waals surface area contributed by atoms with Crippen LogP contribution in [0.25, 0.3) is 0 Å². The van der Waals surface area contributed by atoms with Crippen LogP contribution in [-0.2, 0) is 16.6 Å². The normalized spacial score (nSPS) is 11.9. The molecule has 0 atom stereocenters. The molecule has 0 amide bonds. The minimum Gasteiger partial charge on any atom is -0.207 e. The Bertz CT molecular complexity index is 743. The lowest BCUT2D eigenvalue weighted by atomic mass is 10.1. The number of aryl methyl sites for hydroxylation is 1. The first kappa shape index (κ1) is 16.3. The van der Waals surface area contributed by atoms with Crippen molar-refractivity contribution in [2.75, 3.05) is 7.05 Å². The van der Waals surface area contributed by atoms with Gasteiger partial charge in [-0.1, -0.05) is 59.1 Å². The third-order valence-electron chi connectivity index (χ3n) is 3.13. The molecule has 0 heterocycles. The van der Waals surface area contributed by atoms with E-state index in [1.807, 2.05) is 31.2 Å². The van der Waals surface area contributed by atoms with E-state index in [9.17, 15) is 8.42 Å². The summed E-state index contributed by atoms with van der Waals surface area (Å²) in [5.74, 6) is 0. The first-order valence-electron chi connectivity index (χ1n) is 6.28. The van der Waals surface area contributed by atoms with E-state index in [1.54, 1.807) is 12.1 Å². The zero-order valence-corrected chi connectivity index (χ0v) is 14.0.